The highest BCUT2D eigenvalue weighted by Gasteiger charge is 2.24. The van der Waals surface area contributed by atoms with Crippen LogP contribution in [0.2, 0.25) is 0 Å². The first-order chi connectivity index (χ1) is 17.0. The highest BCUT2D eigenvalue weighted by molar-refractivity contribution is 5.68. The molecule has 2 N–H and O–H groups in total. The standard InChI is InChI=1S/C28H33N3O4/c1-3-34-23-9-7-20(8-10-23)28-30-17-19(2)26(31-28)18-29-13-4-14-35-24-11-12-25-21(15-24)5-6-22(25)16-27(32)33/h7-12,15,17,22,29H,3-6,13-14,16,18H2,1-2H3,(H,32,33)/t22-/m0/s1. The molecule has 1 aliphatic rings. The second kappa shape index (κ2) is 11.8. The van der Waals surface area contributed by atoms with Gasteiger partial charge in [0.25, 0.3) is 0 Å². The minimum absolute atomic E-state index is 0.126. The zero-order valence-corrected chi connectivity index (χ0v) is 20.4. The monoisotopic (exact) mass is 475 g/mol. The van der Waals surface area contributed by atoms with Gasteiger partial charge in [-0.2, -0.15) is 0 Å². The lowest BCUT2D eigenvalue weighted by Gasteiger charge is -2.12. The van der Waals surface area contributed by atoms with Crippen LogP contribution in [0.4, 0.5) is 0 Å². The Labute approximate surface area is 206 Å². The molecule has 0 radical (unpaired) electrons. The number of nitrogens with zero attached hydrogens (tertiary/aromatic N) is 2. The van der Waals surface area contributed by atoms with Gasteiger partial charge in [-0.3, -0.25) is 4.79 Å². The van der Waals surface area contributed by atoms with Crippen LogP contribution >= 0.6 is 0 Å². The number of aromatic nitrogens is 2. The molecule has 4 rings (SSSR count). The first-order valence-corrected chi connectivity index (χ1v) is 12.3. The van der Waals surface area contributed by atoms with E-state index in [1.807, 2.05) is 56.4 Å². The van der Waals surface area contributed by atoms with Crippen LogP contribution in [0.3, 0.4) is 0 Å². The minimum atomic E-state index is -0.736. The van der Waals surface area contributed by atoms with E-state index in [4.69, 9.17) is 19.6 Å². The van der Waals surface area contributed by atoms with Crippen molar-refractivity contribution in [3.8, 4) is 22.9 Å². The summed E-state index contributed by atoms with van der Waals surface area (Å²) in [4.78, 5) is 20.3. The van der Waals surface area contributed by atoms with Crippen LogP contribution < -0.4 is 14.8 Å². The molecule has 7 nitrogen and oxygen atoms in total. The first kappa shape index (κ1) is 24.7. The number of ether oxygens (including phenoxy) is 2. The molecule has 7 heteroatoms. The van der Waals surface area contributed by atoms with Gasteiger partial charge in [0.2, 0.25) is 0 Å². The fraction of sp³-hybridized carbons (Fsp3) is 0.393. The molecule has 0 amide bonds. The van der Waals surface area contributed by atoms with Crippen molar-refractivity contribution in [2.24, 2.45) is 0 Å². The summed E-state index contributed by atoms with van der Waals surface area (Å²) in [5.41, 5.74) is 5.38. The Balaban J connectivity index is 1.22. The van der Waals surface area contributed by atoms with Gasteiger partial charge < -0.3 is 19.9 Å². The van der Waals surface area contributed by atoms with Gasteiger partial charge in [0.15, 0.2) is 5.82 Å². The lowest BCUT2D eigenvalue weighted by Crippen LogP contribution is -2.19. The third-order valence-corrected chi connectivity index (χ3v) is 6.30. The average molecular weight is 476 g/mol. The maximum Gasteiger partial charge on any atom is 0.303 e. The van der Waals surface area contributed by atoms with Crippen molar-refractivity contribution in [1.82, 2.24) is 15.3 Å². The number of aryl methyl sites for hydroxylation is 2. The van der Waals surface area contributed by atoms with Crippen molar-refractivity contribution in [2.45, 2.75) is 52.0 Å². The molecule has 35 heavy (non-hydrogen) atoms. The molecule has 1 aromatic heterocycles. The fourth-order valence-electron chi connectivity index (χ4n) is 4.45. The fourth-order valence-corrected chi connectivity index (χ4v) is 4.45. The van der Waals surface area contributed by atoms with Gasteiger partial charge in [0.05, 0.1) is 25.3 Å². The van der Waals surface area contributed by atoms with Crippen molar-refractivity contribution in [3.05, 3.63) is 71.0 Å². The zero-order chi connectivity index (χ0) is 24.6. The zero-order valence-electron chi connectivity index (χ0n) is 20.4. The summed E-state index contributed by atoms with van der Waals surface area (Å²) in [6.07, 6.45) is 4.76. The van der Waals surface area contributed by atoms with Crippen LogP contribution in [-0.2, 0) is 17.8 Å². The van der Waals surface area contributed by atoms with Gasteiger partial charge in [-0.15, -0.1) is 0 Å². The van der Waals surface area contributed by atoms with Gasteiger partial charge in [0, 0.05) is 18.3 Å². The molecule has 3 aromatic rings. The lowest BCUT2D eigenvalue weighted by molar-refractivity contribution is -0.137. The first-order valence-electron chi connectivity index (χ1n) is 12.3. The molecule has 0 spiro atoms. The van der Waals surface area contributed by atoms with E-state index < -0.39 is 5.97 Å². The number of rotatable bonds is 12. The van der Waals surface area contributed by atoms with E-state index in [1.54, 1.807) is 0 Å². The molecular formula is C28H33N3O4. The highest BCUT2D eigenvalue weighted by Crippen LogP contribution is 2.37. The van der Waals surface area contributed by atoms with E-state index in [-0.39, 0.29) is 12.3 Å². The molecule has 0 fully saturated rings. The number of hydrogen-bond acceptors (Lipinski definition) is 6. The highest BCUT2D eigenvalue weighted by atomic mass is 16.5. The summed E-state index contributed by atoms with van der Waals surface area (Å²) in [6.45, 7) is 6.73. The van der Waals surface area contributed by atoms with Gasteiger partial charge in [0.1, 0.15) is 11.5 Å². The van der Waals surface area contributed by atoms with Crippen LogP contribution in [0.15, 0.2) is 48.7 Å². The van der Waals surface area contributed by atoms with Gasteiger partial charge in [-0.25, -0.2) is 9.97 Å². The van der Waals surface area contributed by atoms with Crippen LogP contribution in [0.1, 0.15) is 54.5 Å². The van der Waals surface area contributed by atoms with Crippen LogP contribution in [0.25, 0.3) is 11.4 Å². The number of carboxylic acids is 1. The predicted octanol–water partition coefficient (Wildman–Crippen LogP) is 4.91. The van der Waals surface area contributed by atoms with Gasteiger partial charge in [-0.1, -0.05) is 6.07 Å². The summed E-state index contributed by atoms with van der Waals surface area (Å²) in [5.74, 6) is 1.79. The maximum atomic E-state index is 11.0. The molecule has 1 atom stereocenters. The number of aliphatic carboxylic acids is 1. The Morgan fingerprint density at radius 1 is 1.14 bits per heavy atom. The van der Waals surface area contributed by atoms with Crippen molar-refractivity contribution in [2.75, 3.05) is 19.8 Å². The molecule has 1 heterocycles. The second-order valence-electron chi connectivity index (χ2n) is 8.85. The average Bonchev–Trinajstić information content (AvgIpc) is 3.24. The molecule has 0 aliphatic heterocycles. The summed E-state index contributed by atoms with van der Waals surface area (Å²) in [7, 11) is 0. The van der Waals surface area contributed by atoms with Crippen LogP contribution in [0.5, 0.6) is 11.5 Å². The number of carboxylic acid groups (broad SMARTS) is 1. The van der Waals surface area contributed by atoms with E-state index >= 15 is 0 Å². The topological polar surface area (TPSA) is 93.6 Å². The Morgan fingerprint density at radius 2 is 1.94 bits per heavy atom. The molecular weight excluding hydrogens is 442 g/mol. The largest absolute Gasteiger partial charge is 0.494 e. The lowest BCUT2D eigenvalue weighted by atomic mass is 9.98. The number of carbonyl (C=O) groups is 1. The summed E-state index contributed by atoms with van der Waals surface area (Å²) >= 11 is 0. The summed E-state index contributed by atoms with van der Waals surface area (Å²) in [5, 5.41) is 12.5. The summed E-state index contributed by atoms with van der Waals surface area (Å²) in [6, 6.07) is 13.9. The molecule has 0 saturated carbocycles. The number of benzene rings is 2. The third-order valence-electron chi connectivity index (χ3n) is 6.30. The SMILES string of the molecule is CCOc1ccc(-c2ncc(C)c(CNCCCOc3ccc4c(c3)CC[C@H]4CC(=O)O)n2)cc1. The Hall–Kier alpha value is -3.45. The molecule has 1 aliphatic carbocycles. The third kappa shape index (κ3) is 6.57. The molecule has 184 valence electrons. The van der Waals surface area contributed by atoms with E-state index in [0.717, 1.165) is 59.7 Å². The molecule has 0 saturated heterocycles. The van der Waals surface area contributed by atoms with Crippen molar-refractivity contribution >= 4 is 5.97 Å². The second-order valence-corrected chi connectivity index (χ2v) is 8.85. The van der Waals surface area contributed by atoms with E-state index in [9.17, 15) is 4.79 Å². The number of fused-ring (bicyclic) bond motifs is 1. The number of nitrogens with one attached hydrogen (secondary N) is 1. The van der Waals surface area contributed by atoms with Gasteiger partial charge >= 0.3 is 5.97 Å². The molecule has 0 unspecified atom stereocenters. The van der Waals surface area contributed by atoms with E-state index in [2.05, 4.69) is 16.4 Å². The molecule has 0 bridgehead atoms. The van der Waals surface area contributed by atoms with Crippen molar-refractivity contribution in [1.29, 1.82) is 0 Å². The quantitative estimate of drug-likeness (QED) is 0.359. The Kier molecular flexibility index (Phi) is 8.32. The Morgan fingerprint density at radius 3 is 2.71 bits per heavy atom. The minimum Gasteiger partial charge on any atom is -0.494 e. The maximum absolute atomic E-state index is 11.0. The van der Waals surface area contributed by atoms with Crippen LogP contribution in [-0.4, -0.2) is 40.8 Å². The van der Waals surface area contributed by atoms with Crippen LogP contribution in [0, 0.1) is 6.92 Å². The normalized spacial score (nSPS) is 14.5. The van der Waals surface area contributed by atoms with Crippen molar-refractivity contribution < 1.29 is 19.4 Å². The van der Waals surface area contributed by atoms with E-state index in [0.29, 0.717) is 25.6 Å². The van der Waals surface area contributed by atoms with Crippen molar-refractivity contribution in [3.63, 3.8) is 0 Å². The smallest absolute Gasteiger partial charge is 0.303 e. The predicted molar refractivity (Wildman–Crippen MR) is 135 cm³/mol. The molecule has 2 aromatic carbocycles. The van der Waals surface area contributed by atoms with Gasteiger partial charge in [-0.05, 0) is 98.7 Å². The van der Waals surface area contributed by atoms with E-state index in [1.165, 1.54) is 5.56 Å². The summed E-state index contributed by atoms with van der Waals surface area (Å²) < 4.78 is 11.4. The number of hydrogen-bond donors (Lipinski definition) is 2. The Bertz CT molecular complexity index is 1150.